The number of nitrogens with one attached hydrogen (secondary N) is 2. The third-order valence-electron chi connectivity index (χ3n) is 4.83. The molecule has 174 valence electrons. The van der Waals surface area contributed by atoms with Crippen molar-refractivity contribution in [1.29, 1.82) is 5.26 Å². The Hall–Kier alpha value is -3.85. The van der Waals surface area contributed by atoms with E-state index in [2.05, 4.69) is 25.7 Å². The van der Waals surface area contributed by atoms with Gasteiger partial charge in [-0.3, -0.25) is 4.79 Å². The molecule has 0 saturated heterocycles. The number of anilines is 2. The maximum absolute atomic E-state index is 14.0. The largest absolute Gasteiger partial charge is 0.387 e. The molecule has 3 aromatic heterocycles. The number of nitrogen functional groups attached to an aromatic ring is 1. The molecule has 0 bridgehead atoms. The van der Waals surface area contributed by atoms with Crippen LogP contribution in [-0.4, -0.2) is 61.8 Å². The summed E-state index contributed by atoms with van der Waals surface area (Å²) in [5.41, 5.74) is 5.03. The van der Waals surface area contributed by atoms with E-state index in [0.29, 0.717) is 11.0 Å². The van der Waals surface area contributed by atoms with Crippen LogP contribution in [0.4, 0.5) is 20.3 Å². The number of halogens is 2. The van der Waals surface area contributed by atoms with Crippen LogP contribution in [0.2, 0.25) is 0 Å². The summed E-state index contributed by atoms with van der Waals surface area (Å²) in [5.74, 6) is -0.367. The molecular formula is C21H24F2N8O2. The lowest BCUT2D eigenvalue weighted by molar-refractivity contribution is -0.00177. The van der Waals surface area contributed by atoms with Crippen LogP contribution in [0.3, 0.4) is 0 Å². The molecule has 5 N–H and O–H groups in total. The first-order chi connectivity index (χ1) is 15.5. The van der Waals surface area contributed by atoms with Gasteiger partial charge >= 0.3 is 0 Å². The van der Waals surface area contributed by atoms with E-state index in [-0.39, 0.29) is 35.0 Å². The third-order valence-corrected chi connectivity index (χ3v) is 4.83. The molecule has 3 aromatic rings. The monoisotopic (exact) mass is 458 g/mol. The number of hydrogen-bond acceptors (Lipinski definition) is 8. The van der Waals surface area contributed by atoms with Gasteiger partial charge in [0, 0.05) is 24.2 Å². The van der Waals surface area contributed by atoms with Crippen molar-refractivity contribution in [2.45, 2.75) is 38.7 Å². The normalized spacial score (nSPS) is 13.4. The number of carbonyl (C=O) groups is 1. The van der Waals surface area contributed by atoms with Crippen molar-refractivity contribution in [3.8, 4) is 11.9 Å². The van der Waals surface area contributed by atoms with Crippen LogP contribution in [0.5, 0.6) is 0 Å². The number of hydrogen-bond donors (Lipinski definition) is 4. The number of pyridine rings is 2. The number of nitrogens with two attached hydrogens (primary N) is 1. The highest BCUT2D eigenvalue weighted by molar-refractivity contribution is 5.99. The Morgan fingerprint density at radius 2 is 2.06 bits per heavy atom. The number of nitriles is 1. The predicted molar refractivity (Wildman–Crippen MR) is 118 cm³/mol. The molecule has 12 heteroatoms. The van der Waals surface area contributed by atoms with Gasteiger partial charge in [0.1, 0.15) is 24.2 Å². The summed E-state index contributed by atoms with van der Waals surface area (Å²) < 4.78 is 28.9. The molecule has 3 heterocycles. The van der Waals surface area contributed by atoms with Crippen LogP contribution in [-0.2, 0) is 0 Å². The van der Waals surface area contributed by atoms with Gasteiger partial charge in [0.05, 0.1) is 35.2 Å². The highest BCUT2D eigenvalue weighted by Crippen LogP contribution is 2.23. The zero-order chi connectivity index (χ0) is 24.3. The van der Waals surface area contributed by atoms with Crippen molar-refractivity contribution in [2.75, 3.05) is 24.1 Å². The summed E-state index contributed by atoms with van der Waals surface area (Å²) in [6.45, 7) is 3.44. The van der Waals surface area contributed by atoms with E-state index < -0.39 is 30.4 Å². The minimum Gasteiger partial charge on any atom is -0.387 e. The molecular weight excluding hydrogens is 434 g/mol. The average Bonchev–Trinajstić information content (AvgIpc) is 3.16. The van der Waals surface area contributed by atoms with Gasteiger partial charge in [-0.1, -0.05) is 0 Å². The molecule has 0 radical (unpaired) electrons. The van der Waals surface area contributed by atoms with Crippen molar-refractivity contribution >= 4 is 28.4 Å². The van der Waals surface area contributed by atoms with Crippen LogP contribution < -0.4 is 16.4 Å². The van der Waals surface area contributed by atoms with Crippen LogP contribution in [0.1, 0.15) is 36.7 Å². The Morgan fingerprint density at radius 1 is 1.33 bits per heavy atom. The fraction of sp³-hybridized carbons (Fsp3) is 0.381. The number of aromatic nitrogens is 4. The second kappa shape index (κ2) is 9.33. The SMILES string of the molecule is CC(F)CNc1cc(-n2ncc3cc(C#N)c(N)nc32)ncc1C(=O)NCC(F)C(C)(C)O. The molecule has 0 fully saturated rings. The minimum atomic E-state index is -1.69. The Balaban J connectivity index is 1.96. The molecule has 0 aliphatic heterocycles. The first-order valence-electron chi connectivity index (χ1n) is 10.1. The number of aliphatic hydroxyl groups is 1. The quantitative estimate of drug-likeness (QED) is 0.399. The van der Waals surface area contributed by atoms with E-state index >= 15 is 0 Å². The molecule has 0 saturated carbocycles. The van der Waals surface area contributed by atoms with Crippen LogP contribution in [0.25, 0.3) is 16.9 Å². The number of alkyl halides is 2. The zero-order valence-corrected chi connectivity index (χ0v) is 18.3. The molecule has 3 rings (SSSR count). The summed E-state index contributed by atoms with van der Waals surface area (Å²) >= 11 is 0. The molecule has 1 amide bonds. The maximum Gasteiger partial charge on any atom is 0.255 e. The topological polar surface area (TPSA) is 155 Å². The summed E-state index contributed by atoms with van der Waals surface area (Å²) in [5, 5.41) is 28.9. The third kappa shape index (κ3) is 5.32. The van der Waals surface area contributed by atoms with Gasteiger partial charge in [-0.2, -0.15) is 15.0 Å². The minimum absolute atomic E-state index is 0.0277. The molecule has 2 unspecified atom stereocenters. The highest BCUT2D eigenvalue weighted by atomic mass is 19.1. The first kappa shape index (κ1) is 23.8. The van der Waals surface area contributed by atoms with E-state index in [9.17, 15) is 18.7 Å². The molecule has 10 nitrogen and oxygen atoms in total. The molecule has 0 spiro atoms. The van der Waals surface area contributed by atoms with Crippen molar-refractivity contribution in [1.82, 2.24) is 25.1 Å². The van der Waals surface area contributed by atoms with Crippen molar-refractivity contribution in [2.24, 2.45) is 0 Å². The lowest BCUT2D eigenvalue weighted by atomic mass is 10.0. The fourth-order valence-electron chi connectivity index (χ4n) is 2.89. The number of carbonyl (C=O) groups excluding carboxylic acids is 1. The van der Waals surface area contributed by atoms with E-state index in [0.717, 1.165) is 0 Å². The van der Waals surface area contributed by atoms with Crippen molar-refractivity contribution in [3.63, 3.8) is 0 Å². The van der Waals surface area contributed by atoms with Gasteiger partial charge in [0.2, 0.25) is 0 Å². The second-order valence-electron chi connectivity index (χ2n) is 8.08. The van der Waals surface area contributed by atoms with E-state index in [1.54, 1.807) is 6.07 Å². The molecule has 33 heavy (non-hydrogen) atoms. The lowest BCUT2D eigenvalue weighted by Crippen LogP contribution is -2.42. The molecule has 0 aromatic carbocycles. The van der Waals surface area contributed by atoms with Crippen LogP contribution >= 0.6 is 0 Å². The summed E-state index contributed by atoms with van der Waals surface area (Å²) in [4.78, 5) is 21.1. The number of rotatable bonds is 8. The van der Waals surface area contributed by atoms with Crippen LogP contribution in [0, 0.1) is 11.3 Å². The van der Waals surface area contributed by atoms with Gasteiger partial charge in [0.15, 0.2) is 11.5 Å². The van der Waals surface area contributed by atoms with Crippen molar-refractivity contribution < 1.29 is 18.7 Å². The second-order valence-corrected chi connectivity index (χ2v) is 8.08. The fourth-order valence-corrected chi connectivity index (χ4v) is 2.89. The summed E-state index contributed by atoms with van der Waals surface area (Å²) in [6.07, 6.45) is -0.173. The molecule has 2 atom stereocenters. The average molecular weight is 458 g/mol. The first-order valence-corrected chi connectivity index (χ1v) is 10.1. The summed E-state index contributed by atoms with van der Waals surface area (Å²) in [7, 11) is 0. The Morgan fingerprint density at radius 3 is 2.70 bits per heavy atom. The smallest absolute Gasteiger partial charge is 0.255 e. The number of fused-ring (bicyclic) bond motifs is 1. The Kier molecular flexibility index (Phi) is 6.73. The molecule has 0 aliphatic rings. The summed E-state index contributed by atoms with van der Waals surface area (Å²) in [6, 6.07) is 4.97. The van der Waals surface area contributed by atoms with Crippen LogP contribution in [0.15, 0.2) is 24.5 Å². The van der Waals surface area contributed by atoms with E-state index in [4.69, 9.17) is 11.0 Å². The maximum atomic E-state index is 14.0. The zero-order valence-electron chi connectivity index (χ0n) is 18.3. The van der Waals surface area contributed by atoms with E-state index in [1.165, 1.54) is 43.9 Å². The number of nitrogens with zero attached hydrogens (tertiary/aromatic N) is 5. The standard InChI is InChI=1S/C21H24F2N8O2/c1-11(22)7-26-15-5-17(27-9-14(15)20(32)28-10-16(23)21(2,3)33)31-19-13(8-29-31)4-12(6-24)18(25)30-19/h4-5,8-9,11,16,33H,7,10H2,1-3H3,(H2,25,30)(H,26,27)(H,28,32). The Labute approximate surface area is 188 Å². The van der Waals surface area contributed by atoms with Gasteiger partial charge in [-0.25, -0.2) is 18.7 Å². The highest BCUT2D eigenvalue weighted by Gasteiger charge is 2.27. The lowest BCUT2D eigenvalue weighted by Gasteiger charge is -2.22. The van der Waals surface area contributed by atoms with Gasteiger partial charge in [-0.05, 0) is 26.8 Å². The number of amides is 1. The Bertz CT molecular complexity index is 1210. The van der Waals surface area contributed by atoms with Gasteiger partial charge in [-0.15, -0.1) is 0 Å². The van der Waals surface area contributed by atoms with Gasteiger partial charge in [0.25, 0.3) is 5.91 Å². The predicted octanol–water partition coefficient (Wildman–Crippen LogP) is 1.88. The van der Waals surface area contributed by atoms with Gasteiger partial charge < -0.3 is 21.5 Å². The van der Waals surface area contributed by atoms with Crippen molar-refractivity contribution in [3.05, 3.63) is 35.7 Å². The molecule has 0 aliphatic carbocycles. The van der Waals surface area contributed by atoms with E-state index in [1.807, 2.05) is 6.07 Å².